The highest BCUT2D eigenvalue weighted by Crippen LogP contribution is 2.16. The zero-order chi connectivity index (χ0) is 14.5. The first-order valence-corrected chi connectivity index (χ1v) is 7.14. The summed E-state index contributed by atoms with van der Waals surface area (Å²) in [4.78, 5) is 18.7. The first kappa shape index (κ1) is 14.8. The Kier molecular flexibility index (Phi) is 4.95. The van der Waals surface area contributed by atoms with Gasteiger partial charge in [-0.2, -0.15) is 0 Å². The Morgan fingerprint density at radius 3 is 3.10 bits per heavy atom. The highest BCUT2D eigenvalue weighted by molar-refractivity contribution is 5.37. The van der Waals surface area contributed by atoms with Crippen LogP contribution in [0.4, 0.5) is 5.82 Å². The molecule has 0 N–H and O–H groups in total. The molecule has 0 bridgehead atoms. The predicted molar refractivity (Wildman–Crippen MR) is 80.1 cm³/mol. The summed E-state index contributed by atoms with van der Waals surface area (Å²) >= 11 is 0. The lowest BCUT2D eigenvalue weighted by Gasteiger charge is -2.18. The summed E-state index contributed by atoms with van der Waals surface area (Å²) in [5.74, 6) is 0.975. The van der Waals surface area contributed by atoms with Gasteiger partial charge in [0.1, 0.15) is 0 Å². The van der Waals surface area contributed by atoms with Gasteiger partial charge in [-0.1, -0.05) is 19.9 Å². The van der Waals surface area contributed by atoms with Gasteiger partial charge < -0.3 is 14.2 Å². The Morgan fingerprint density at radius 2 is 2.40 bits per heavy atom. The van der Waals surface area contributed by atoms with Gasteiger partial charge in [0.15, 0.2) is 5.82 Å². The smallest absolute Gasteiger partial charge is 0.293 e. The van der Waals surface area contributed by atoms with Crippen molar-refractivity contribution < 1.29 is 4.74 Å². The minimum atomic E-state index is -0.00873. The molecule has 5 heteroatoms. The predicted octanol–water partition coefficient (Wildman–Crippen LogP) is 1.68. The maximum absolute atomic E-state index is 12.4. The van der Waals surface area contributed by atoms with Crippen molar-refractivity contribution in [2.75, 3.05) is 24.6 Å². The molecule has 1 fully saturated rings. The molecule has 1 aromatic rings. The lowest BCUT2D eigenvalue weighted by molar-refractivity contribution is 0.0908. The molecule has 0 radical (unpaired) electrons. The van der Waals surface area contributed by atoms with E-state index in [-0.39, 0.29) is 11.7 Å². The molecule has 1 unspecified atom stereocenters. The average molecular weight is 277 g/mol. The monoisotopic (exact) mass is 277 g/mol. The van der Waals surface area contributed by atoms with Crippen molar-refractivity contribution in [2.45, 2.75) is 32.9 Å². The molecule has 1 atom stereocenters. The van der Waals surface area contributed by atoms with Crippen LogP contribution in [0, 0.1) is 5.92 Å². The third-order valence-electron chi connectivity index (χ3n) is 3.35. The molecule has 110 valence electrons. The van der Waals surface area contributed by atoms with Crippen LogP contribution in [0.5, 0.6) is 0 Å². The van der Waals surface area contributed by atoms with Crippen LogP contribution in [0.3, 0.4) is 0 Å². The lowest BCUT2D eigenvalue weighted by Crippen LogP contribution is -2.33. The van der Waals surface area contributed by atoms with E-state index in [1.165, 1.54) is 0 Å². The molecule has 0 spiro atoms. The fourth-order valence-electron chi connectivity index (χ4n) is 2.45. The van der Waals surface area contributed by atoms with E-state index in [4.69, 9.17) is 4.74 Å². The number of aromatic nitrogens is 2. The van der Waals surface area contributed by atoms with E-state index in [0.717, 1.165) is 26.1 Å². The van der Waals surface area contributed by atoms with Crippen molar-refractivity contribution in [2.24, 2.45) is 5.92 Å². The summed E-state index contributed by atoms with van der Waals surface area (Å²) in [6, 6.07) is 0. The Hall–Kier alpha value is -1.62. The van der Waals surface area contributed by atoms with Crippen molar-refractivity contribution in [1.29, 1.82) is 0 Å². The molecule has 2 rings (SSSR count). The van der Waals surface area contributed by atoms with E-state index < -0.39 is 0 Å². The van der Waals surface area contributed by atoms with Crippen LogP contribution < -0.4 is 10.5 Å². The molecule has 0 amide bonds. The minimum absolute atomic E-state index is 0.00873. The average Bonchev–Trinajstić information content (AvgIpc) is 2.87. The largest absolute Gasteiger partial charge is 0.372 e. The maximum Gasteiger partial charge on any atom is 0.293 e. The van der Waals surface area contributed by atoms with Gasteiger partial charge in [-0.25, -0.2) is 4.98 Å². The zero-order valence-corrected chi connectivity index (χ0v) is 12.3. The molecule has 1 saturated heterocycles. The number of hydrogen-bond acceptors (Lipinski definition) is 4. The van der Waals surface area contributed by atoms with Gasteiger partial charge in [0, 0.05) is 32.0 Å². The van der Waals surface area contributed by atoms with Crippen molar-refractivity contribution >= 4 is 5.82 Å². The summed E-state index contributed by atoms with van der Waals surface area (Å²) in [6.07, 6.45) is 6.30. The standard InChI is InChI=1S/C15H23N3O2/c1-4-9-20-13-5-7-17(11-13)14-15(19)18(8-6-16-14)10-12(2)3/h4,6,8,12-13H,1,5,7,9-11H2,2-3H3. The third-order valence-corrected chi connectivity index (χ3v) is 3.35. The first-order chi connectivity index (χ1) is 9.61. The van der Waals surface area contributed by atoms with Gasteiger partial charge in [-0.15, -0.1) is 6.58 Å². The Balaban J connectivity index is 2.10. The summed E-state index contributed by atoms with van der Waals surface area (Å²) in [5.41, 5.74) is -0.00873. The van der Waals surface area contributed by atoms with E-state index in [9.17, 15) is 4.79 Å². The topological polar surface area (TPSA) is 47.4 Å². The second-order valence-corrected chi connectivity index (χ2v) is 5.58. The molecular weight excluding hydrogens is 254 g/mol. The number of nitrogens with zero attached hydrogens (tertiary/aromatic N) is 3. The molecule has 1 aliphatic rings. The number of ether oxygens (including phenoxy) is 1. The summed E-state index contributed by atoms with van der Waals surface area (Å²) in [5, 5.41) is 0. The van der Waals surface area contributed by atoms with Crippen LogP contribution in [0.15, 0.2) is 29.8 Å². The second-order valence-electron chi connectivity index (χ2n) is 5.58. The van der Waals surface area contributed by atoms with E-state index in [2.05, 4.69) is 25.4 Å². The van der Waals surface area contributed by atoms with E-state index in [1.54, 1.807) is 23.0 Å². The minimum Gasteiger partial charge on any atom is -0.372 e. The van der Waals surface area contributed by atoms with Gasteiger partial charge in [-0.3, -0.25) is 4.79 Å². The van der Waals surface area contributed by atoms with Gasteiger partial charge in [0.2, 0.25) is 0 Å². The van der Waals surface area contributed by atoms with Gasteiger partial charge in [0.05, 0.1) is 12.7 Å². The summed E-state index contributed by atoms with van der Waals surface area (Å²) in [7, 11) is 0. The quantitative estimate of drug-likeness (QED) is 0.742. The van der Waals surface area contributed by atoms with Crippen LogP contribution in [0.1, 0.15) is 20.3 Å². The number of hydrogen-bond donors (Lipinski definition) is 0. The molecule has 0 aliphatic carbocycles. The SMILES string of the molecule is C=CCOC1CCN(c2nccn(CC(C)C)c2=O)C1. The third kappa shape index (κ3) is 3.48. The lowest BCUT2D eigenvalue weighted by atomic mass is 10.2. The van der Waals surface area contributed by atoms with Crippen LogP contribution in [0.2, 0.25) is 0 Å². The van der Waals surface area contributed by atoms with Crippen LogP contribution >= 0.6 is 0 Å². The molecule has 0 aromatic carbocycles. The normalized spacial score (nSPS) is 18.8. The van der Waals surface area contributed by atoms with Gasteiger partial charge in [-0.05, 0) is 12.3 Å². The Labute approximate surface area is 119 Å². The van der Waals surface area contributed by atoms with Crippen molar-refractivity contribution in [3.8, 4) is 0 Å². The van der Waals surface area contributed by atoms with E-state index >= 15 is 0 Å². The fraction of sp³-hybridized carbons (Fsp3) is 0.600. The Morgan fingerprint density at radius 1 is 1.60 bits per heavy atom. The van der Waals surface area contributed by atoms with E-state index in [1.807, 2.05) is 4.90 Å². The molecule has 1 aromatic heterocycles. The molecule has 5 nitrogen and oxygen atoms in total. The fourth-order valence-corrected chi connectivity index (χ4v) is 2.45. The van der Waals surface area contributed by atoms with Crippen LogP contribution in [-0.2, 0) is 11.3 Å². The van der Waals surface area contributed by atoms with Crippen molar-refractivity contribution in [3.05, 3.63) is 35.4 Å². The highest BCUT2D eigenvalue weighted by Gasteiger charge is 2.25. The van der Waals surface area contributed by atoms with Crippen molar-refractivity contribution in [3.63, 3.8) is 0 Å². The molecular formula is C15H23N3O2. The van der Waals surface area contributed by atoms with Crippen molar-refractivity contribution in [1.82, 2.24) is 9.55 Å². The summed E-state index contributed by atoms with van der Waals surface area (Å²) < 4.78 is 7.38. The first-order valence-electron chi connectivity index (χ1n) is 7.14. The number of rotatable bonds is 6. The number of anilines is 1. The van der Waals surface area contributed by atoms with Gasteiger partial charge in [0.25, 0.3) is 5.56 Å². The zero-order valence-electron chi connectivity index (χ0n) is 12.3. The van der Waals surface area contributed by atoms with Gasteiger partial charge >= 0.3 is 0 Å². The molecule has 1 aliphatic heterocycles. The molecule has 2 heterocycles. The van der Waals surface area contributed by atoms with E-state index in [0.29, 0.717) is 18.3 Å². The Bertz CT molecular complexity index is 510. The maximum atomic E-state index is 12.4. The van der Waals surface area contributed by atoms with Crippen LogP contribution in [-0.4, -0.2) is 35.4 Å². The molecule has 20 heavy (non-hydrogen) atoms. The summed E-state index contributed by atoms with van der Waals surface area (Å²) in [6.45, 7) is 10.7. The second kappa shape index (κ2) is 6.70. The molecule has 0 saturated carbocycles. The van der Waals surface area contributed by atoms with Crippen LogP contribution in [0.25, 0.3) is 0 Å². The highest BCUT2D eigenvalue weighted by atomic mass is 16.5.